The van der Waals surface area contributed by atoms with Crippen LogP contribution in [0.4, 0.5) is 5.69 Å². The van der Waals surface area contributed by atoms with Gasteiger partial charge in [-0.05, 0) is 78.4 Å². The third-order valence-electron chi connectivity index (χ3n) is 5.67. The largest absolute Gasteiger partial charge is 0.483 e. The van der Waals surface area contributed by atoms with E-state index in [2.05, 4.69) is 22.9 Å². The maximum absolute atomic E-state index is 13.6. The molecule has 0 N–H and O–H groups in total. The Morgan fingerprint density at radius 3 is 2.22 bits per heavy atom. The van der Waals surface area contributed by atoms with E-state index in [0.29, 0.717) is 10.8 Å². The molecule has 0 unspecified atom stereocenters. The topological polar surface area (TPSA) is 63.7 Å². The van der Waals surface area contributed by atoms with Crippen LogP contribution in [0.25, 0.3) is 0 Å². The molecular weight excluding hydrogens is 562 g/mol. The highest BCUT2D eigenvalue weighted by Gasteiger charge is 2.32. The number of anilines is 1. The molecule has 192 valence electrons. The molecule has 0 radical (unpaired) electrons. The van der Waals surface area contributed by atoms with Crippen molar-refractivity contribution in [1.29, 1.82) is 0 Å². The number of halogens is 2. The Balaban J connectivity index is 1.97. The molecule has 0 aliphatic heterocycles. The molecule has 0 aliphatic rings. The smallest absolute Gasteiger partial charge is 0.278 e. The SMILES string of the molecule is CCCCc1ccc(N(C(=O)COc2ccc(Br)cc2C(C)(C)C)S(=O)(=O)c2ccc(Cl)cc2)cc1. The van der Waals surface area contributed by atoms with Crippen LogP contribution in [0, 0.1) is 0 Å². The lowest BCUT2D eigenvalue weighted by molar-refractivity contribution is -0.119. The van der Waals surface area contributed by atoms with Crippen molar-refractivity contribution in [2.24, 2.45) is 0 Å². The summed E-state index contributed by atoms with van der Waals surface area (Å²) in [4.78, 5) is 13.4. The van der Waals surface area contributed by atoms with E-state index in [0.717, 1.165) is 39.2 Å². The number of amides is 1. The first-order chi connectivity index (χ1) is 16.9. The molecule has 0 aliphatic carbocycles. The lowest BCUT2D eigenvalue weighted by Gasteiger charge is -2.25. The molecule has 0 atom stereocenters. The van der Waals surface area contributed by atoms with E-state index in [4.69, 9.17) is 16.3 Å². The van der Waals surface area contributed by atoms with Gasteiger partial charge in [-0.3, -0.25) is 4.79 Å². The number of benzene rings is 3. The Bertz CT molecular complexity index is 1300. The van der Waals surface area contributed by atoms with Crippen LogP contribution >= 0.6 is 27.5 Å². The molecule has 36 heavy (non-hydrogen) atoms. The van der Waals surface area contributed by atoms with E-state index >= 15 is 0 Å². The fourth-order valence-corrected chi connectivity index (χ4v) is 5.62. The average Bonchev–Trinajstić information content (AvgIpc) is 2.82. The summed E-state index contributed by atoms with van der Waals surface area (Å²) >= 11 is 9.44. The van der Waals surface area contributed by atoms with E-state index in [1.807, 2.05) is 45.0 Å². The van der Waals surface area contributed by atoms with Crippen LogP contribution in [-0.4, -0.2) is 20.9 Å². The fraction of sp³-hybridized carbons (Fsp3) is 0.321. The van der Waals surface area contributed by atoms with Crippen LogP contribution in [-0.2, 0) is 26.7 Å². The molecule has 0 saturated carbocycles. The Hall–Kier alpha value is -2.35. The Labute approximate surface area is 227 Å². The van der Waals surface area contributed by atoms with Gasteiger partial charge >= 0.3 is 0 Å². The lowest BCUT2D eigenvalue weighted by atomic mass is 9.86. The summed E-state index contributed by atoms with van der Waals surface area (Å²) in [5, 5.41) is 0.403. The molecule has 3 rings (SSSR count). The van der Waals surface area contributed by atoms with Crippen molar-refractivity contribution in [3.05, 3.63) is 87.4 Å². The summed E-state index contributed by atoms with van der Waals surface area (Å²) in [6.45, 7) is 7.79. The van der Waals surface area contributed by atoms with Crippen molar-refractivity contribution in [1.82, 2.24) is 0 Å². The second kappa shape index (κ2) is 11.8. The number of hydrogen-bond donors (Lipinski definition) is 0. The zero-order chi connectivity index (χ0) is 26.5. The van der Waals surface area contributed by atoms with Gasteiger partial charge in [-0.2, -0.15) is 4.31 Å². The van der Waals surface area contributed by atoms with Gasteiger partial charge in [0.2, 0.25) is 0 Å². The minimum atomic E-state index is -4.21. The zero-order valence-corrected chi connectivity index (χ0v) is 24.1. The summed E-state index contributed by atoms with van der Waals surface area (Å²) in [6.07, 6.45) is 2.97. The van der Waals surface area contributed by atoms with Crippen molar-refractivity contribution in [2.45, 2.75) is 57.3 Å². The fourth-order valence-electron chi connectivity index (χ4n) is 3.72. The first-order valence-electron chi connectivity index (χ1n) is 11.8. The highest BCUT2D eigenvalue weighted by Crippen LogP contribution is 2.34. The third kappa shape index (κ3) is 6.90. The number of rotatable bonds is 9. The van der Waals surface area contributed by atoms with E-state index < -0.39 is 22.5 Å². The Morgan fingerprint density at radius 1 is 1.00 bits per heavy atom. The highest BCUT2D eigenvalue weighted by atomic mass is 79.9. The van der Waals surface area contributed by atoms with E-state index in [9.17, 15) is 13.2 Å². The molecule has 3 aromatic carbocycles. The van der Waals surface area contributed by atoms with Gasteiger partial charge in [-0.15, -0.1) is 0 Å². The van der Waals surface area contributed by atoms with Crippen molar-refractivity contribution in [2.75, 3.05) is 10.9 Å². The van der Waals surface area contributed by atoms with E-state index in [1.165, 1.54) is 24.3 Å². The molecule has 0 fully saturated rings. The molecule has 0 spiro atoms. The Kier molecular flexibility index (Phi) is 9.25. The van der Waals surface area contributed by atoms with Crippen LogP contribution < -0.4 is 9.04 Å². The summed E-state index contributed by atoms with van der Waals surface area (Å²) in [6, 6.07) is 18.3. The second-order valence-electron chi connectivity index (χ2n) is 9.57. The van der Waals surface area contributed by atoms with Crippen LogP contribution in [0.2, 0.25) is 5.02 Å². The minimum Gasteiger partial charge on any atom is -0.483 e. The van der Waals surface area contributed by atoms with Gasteiger partial charge in [-0.1, -0.05) is 73.8 Å². The van der Waals surface area contributed by atoms with Crippen LogP contribution in [0.3, 0.4) is 0 Å². The molecule has 1 amide bonds. The normalized spacial score (nSPS) is 11.8. The van der Waals surface area contributed by atoms with Gasteiger partial charge in [0.25, 0.3) is 15.9 Å². The number of sulfonamides is 1. The standard InChI is InChI=1S/C28H31BrClNO4S/c1-5-6-7-20-8-13-23(14-9-20)31(36(33,34)24-15-11-22(30)12-16-24)27(32)19-35-26-17-10-21(29)18-25(26)28(2,3)4/h8-18H,5-7,19H2,1-4H3. The number of ether oxygens (including phenoxy) is 1. The summed E-state index contributed by atoms with van der Waals surface area (Å²) < 4.78 is 34.9. The van der Waals surface area contributed by atoms with Crippen LogP contribution in [0.5, 0.6) is 5.75 Å². The maximum atomic E-state index is 13.6. The Morgan fingerprint density at radius 2 is 1.64 bits per heavy atom. The van der Waals surface area contributed by atoms with Crippen LogP contribution in [0.15, 0.2) is 76.1 Å². The first-order valence-corrected chi connectivity index (χ1v) is 14.4. The molecule has 0 bridgehead atoms. The molecule has 0 aromatic heterocycles. The first kappa shape index (κ1) is 28.2. The predicted molar refractivity (Wildman–Crippen MR) is 150 cm³/mol. The van der Waals surface area contributed by atoms with Crippen molar-refractivity contribution in [3.8, 4) is 5.75 Å². The quantitative estimate of drug-likeness (QED) is 0.257. The second-order valence-corrected chi connectivity index (χ2v) is 12.7. The third-order valence-corrected chi connectivity index (χ3v) is 8.18. The molecule has 0 saturated heterocycles. The minimum absolute atomic E-state index is 0.0330. The molecule has 3 aromatic rings. The summed E-state index contributed by atoms with van der Waals surface area (Å²) in [7, 11) is -4.21. The van der Waals surface area contributed by atoms with Gasteiger partial charge in [-0.25, -0.2) is 8.42 Å². The van der Waals surface area contributed by atoms with E-state index in [1.54, 1.807) is 18.2 Å². The molecular formula is C28H31BrClNO4S. The van der Waals surface area contributed by atoms with Gasteiger partial charge in [0.05, 0.1) is 10.6 Å². The van der Waals surface area contributed by atoms with Crippen molar-refractivity contribution in [3.63, 3.8) is 0 Å². The maximum Gasteiger partial charge on any atom is 0.278 e. The van der Waals surface area contributed by atoms with Gasteiger partial charge in [0.15, 0.2) is 6.61 Å². The predicted octanol–water partition coefficient (Wildman–Crippen LogP) is 7.54. The van der Waals surface area contributed by atoms with E-state index in [-0.39, 0.29) is 16.0 Å². The van der Waals surface area contributed by atoms with Gasteiger partial charge in [0, 0.05) is 15.1 Å². The van der Waals surface area contributed by atoms with Crippen molar-refractivity contribution < 1.29 is 17.9 Å². The molecule has 0 heterocycles. The van der Waals surface area contributed by atoms with Gasteiger partial charge < -0.3 is 4.74 Å². The number of unbranched alkanes of at least 4 members (excludes halogenated alkanes) is 1. The summed E-state index contributed by atoms with van der Waals surface area (Å²) in [5.74, 6) is -0.174. The number of aryl methyl sites for hydroxylation is 1. The number of nitrogens with zero attached hydrogens (tertiary/aromatic N) is 1. The monoisotopic (exact) mass is 591 g/mol. The van der Waals surface area contributed by atoms with Crippen LogP contribution in [0.1, 0.15) is 51.7 Å². The number of carbonyl (C=O) groups is 1. The average molecular weight is 593 g/mol. The molecule has 8 heteroatoms. The highest BCUT2D eigenvalue weighted by molar-refractivity contribution is 9.10. The zero-order valence-electron chi connectivity index (χ0n) is 20.9. The summed E-state index contributed by atoms with van der Waals surface area (Å²) in [5.41, 5.74) is 1.99. The van der Waals surface area contributed by atoms with Gasteiger partial charge in [0.1, 0.15) is 5.75 Å². The number of hydrogen-bond acceptors (Lipinski definition) is 4. The molecule has 5 nitrogen and oxygen atoms in total. The number of carbonyl (C=O) groups excluding carboxylic acids is 1. The lowest BCUT2D eigenvalue weighted by Crippen LogP contribution is -2.40. The van der Waals surface area contributed by atoms with Crippen molar-refractivity contribution >= 4 is 49.1 Å².